The van der Waals surface area contributed by atoms with E-state index in [4.69, 9.17) is 4.74 Å². The Morgan fingerprint density at radius 1 is 1.32 bits per heavy atom. The summed E-state index contributed by atoms with van der Waals surface area (Å²) in [5.74, 6) is -0.565. The van der Waals surface area contributed by atoms with Gasteiger partial charge in [-0.1, -0.05) is 18.9 Å². The number of sulfonamides is 1. The predicted octanol–water partition coefficient (Wildman–Crippen LogP) is 2.06. The van der Waals surface area contributed by atoms with Gasteiger partial charge in [-0.25, -0.2) is 17.5 Å². The first-order valence-electron chi connectivity index (χ1n) is 6.45. The Kier molecular flexibility index (Phi) is 4.90. The minimum atomic E-state index is -3.65. The van der Waals surface area contributed by atoms with Gasteiger partial charge >= 0.3 is 0 Å². The summed E-state index contributed by atoms with van der Waals surface area (Å²) in [5, 5.41) is 0. The molecule has 0 amide bonds. The van der Waals surface area contributed by atoms with Gasteiger partial charge < -0.3 is 4.74 Å². The van der Waals surface area contributed by atoms with Gasteiger partial charge in [-0.15, -0.1) is 0 Å². The van der Waals surface area contributed by atoms with Crippen LogP contribution in [-0.4, -0.2) is 27.7 Å². The van der Waals surface area contributed by atoms with Crippen molar-refractivity contribution in [1.82, 2.24) is 4.72 Å². The molecule has 0 radical (unpaired) electrons. The maximum absolute atomic E-state index is 13.0. The van der Waals surface area contributed by atoms with E-state index in [2.05, 4.69) is 4.72 Å². The molecule has 0 bridgehead atoms. The summed E-state index contributed by atoms with van der Waals surface area (Å²) in [6.45, 7) is 0.550. The molecule has 4 nitrogen and oxygen atoms in total. The summed E-state index contributed by atoms with van der Waals surface area (Å²) in [7, 11) is -3.65. The third-order valence-corrected chi connectivity index (χ3v) is 4.61. The highest BCUT2D eigenvalue weighted by Gasteiger charge is 2.16. The van der Waals surface area contributed by atoms with E-state index in [-0.39, 0.29) is 17.5 Å². The Balaban J connectivity index is 1.80. The van der Waals surface area contributed by atoms with Gasteiger partial charge in [0.25, 0.3) is 0 Å². The molecule has 0 aliphatic heterocycles. The number of halogens is 1. The Labute approximate surface area is 113 Å². The van der Waals surface area contributed by atoms with Gasteiger partial charge in [-0.05, 0) is 31.0 Å². The van der Waals surface area contributed by atoms with Gasteiger partial charge in [0.2, 0.25) is 10.0 Å². The van der Waals surface area contributed by atoms with Gasteiger partial charge in [0.15, 0.2) is 0 Å². The van der Waals surface area contributed by atoms with Crippen LogP contribution in [0.15, 0.2) is 29.2 Å². The number of nitrogens with one attached hydrogen (secondary N) is 1. The zero-order chi connectivity index (χ0) is 13.7. The van der Waals surface area contributed by atoms with Crippen molar-refractivity contribution in [3.8, 4) is 0 Å². The minimum Gasteiger partial charge on any atom is -0.377 e. The van der Waals surface area contributed by atoms with Gasteiger partial charge in [0, 0.05) is 6.54 Å². The van der Waals surface area contributed by atoms with Gasteiger partial charge in [0.1, 0.15) is 5.82 Å². The lowest BCUT2D eigenvalue weighted by Gasteiger charge is -2.11. The summed E-state index contributed by atoms with van der Waals surface area (Å²) < 4.78 is 44.6. The van der Waals surface area contributed by atoms with Crippen LogP contribution < -0.4 is 4.72 Å². The van der Waals surface area contributed by atoms with Gasteiger partial charge in [0.05, 0.1) is 17.6 Å². The van der Waals surface area contributed by atoms with E-state index < -0.39 is 15.8 Å². The second kappa shape index (κ2) is 6.45. The highest BCUT2D eigenvalue weighted by molar-refractivity contribution is 7.89. The van der Waals surface area contributed by atoms with Crippen molar-refractivity contribution < 1.29 is 17.5 Å². The average molecular weight is 287 g/mol. The number of benzene rings is 1. The lowest BCUT2D eigenvalue weighted by Crippen LogP contribution is -2.28. The first-order chi connectivity index (χ1) is 9.08. The van der Waals surface area contributed by atoms with E-state index in [1.165, 1.54) is 31.0 Å². The quantitative estimate of drug-likeness (QED) is 0.815. The van der Waals surface area contributed by atoms with E-state index in [9.17, 15) is 12.8 Å². The fourth-order valence-corrected chi connectivity index (χ4v) is 3.22. The highest BCUT2D eigenvalue weighted by atomic mass is 32.2. The van der Waals surface area contributed by atoms with Gasteiger partial charge in [-0.2, -0.15) is 0 Å². The lowest BCUT2D eigenvalue weighted by atomic mass is 10.3. The summed E-state index contributed by atoms with van der Waals surface area (Å²) >= 11 is 0. The average Bonchev–Trinajstić information content (AvgIpc) is 2.88. The minimum absolute atomic E-state index is 0.0617. The van der Waals surface area contributed by atoms with Crippen molar-refractivity contribution in [3.63, 3.8) is 0 Å². The summed E-state index contributed by atoms with van der Waals surface area (Å²) in [5.41, 5.74) is 0. The zero-order valence-corrected chi connectivity index (χ0v) is 11.5. The van der Waals surface area contributed by atoms with Crippen molar-refractivity contribution in [2.75, 3.05) is 13.2 Å². The van der Waals surface area contributed by atoms with Crippen molar-refractivity contribution in [2.24, 2.45) is 0 Å². The molecule has 0 unspecified atom stereocenters. The smallest absolute Gasteiger partial charge is 0.240 e. The fourth-order valence-electron chi connectivity index (χ4n) is 2.17. The zero-order valence-electron chi connectivity index (χ0n) is 10.6. The molecule has 1 N–H and O–H groups in total. The molecule has 0 atom stereocenters. The Morgan fingerprint density at radius 2 is 2.05 bits per heavy atom. The SMILES string of the molecule is O=S(=O)(NCCOC1CCCC1)c1cccc(F)c1. The van der Waals surface area contributed by atoms with E-state index in [0.717, 1.165) is 18.9 Å². The number of ether oxygens (including phenoxy) is 1. The molecule has 6 heteroatoms. The molecule has 1 aliphatic carbocycles. The topological polar surface area (TPSA) is 55.4 Å². The van der Waals surface area contributed by atoms with E-state index in [0.29, 0.717) is 6.61 Å². The van der Waals surface area contributed by atoms with Crippen LogP contribution in [-0.2, 0) is 14.8 Å². The van der Waals surface area contributed by atoms with E-state index in [1.807, 2.05) is 0 Å². The van der Waals surface area contributed by atoms with Crippen molar-refractivity contribution >= 4 is 10.0 Å². The normalized spacial score (nSPS) is 16.9. The van der Waals surface area contributed by atoms with Gasteiger partial charge in [-0.3, -0.25) is 0 Å². The lowest BCUT2D eigenvalue weighted by molar-refractivity contribution is 0.0626. The Bertz CT molecular complexity index is 512. The summed E-state index contributed by atoms with van der Waals surface area (Å²) in [6, 6.07) is 4.95. The molecule has 0 spiro atoms. The van der Waals surface area contributed by atoms with Crippen molar-refractivity contribution in [1.29, 1.82) is 0 Å². The first-order valence-corrected chi connectivity index (χ1v) is 7.93. The molecule has 0 heterocycles. The molecule has 1 saturated carbocycles. The summed E-state index contributed by atoms with van der Waals surface area (Å²) in [4.78, 5) is -0.0617. The van der Waals surface area contributed by atoms with Crippen LogP contribution in [0.3, 0.4) is 0 Å². The molecule has 1 aliphatic rings. The molecule has 0 saturated heterocycles. The fraction of sp³-hybridized carbons (Fsp3) is 0.538. The van der Waals surface area contributed by atoms with Crippen LogP contribution in [0.2, 0.25) is 0 Å². The molecule has 2 rings (SSSR count). The summed E-state index contributed by atoms with van der Waals surface area (Å²) in [6.07, 6.45) is 4.73. The highest BCUT2D eigenvalue weighted by Crippen LogP contribution is 2.20. The van der Waals surface area contributed by atoms with Crippen LogP contribution in [0, 0.1) is 5.82 Å². The van der Waals surface area contributed by atoms with Crippen LogP contribution >= 0.6 is 0 Å². The maximum atomic E-state index is 13.0. The molecule has 1 aromatic rings. The van der Waals surface area contributed by atoms with E-state index in [1.54, 1.807) is 0 Å². The van der Waals surface area contributed by atoms with Crippen LogP contribution in [0.4, 0.5) is 4.39 Å². The number of rotatable bonds is 6. The predicted molar refractivity (Wildman–Crippen MR) is 69.8 cm³/mol. The maximum Gasteiger partial charge on any atom is 0.240 e. The Hall–Kier alpha value is -0.980. The van der Waals surface area contributed by atoms with Crippen molar-refractivity contribution in [2.45, 2.75) is 36.7 Å². The van der Waals surface area contributed by atoms with Crippen LogP contribution in [0.5, 0.6) is 0 Å². The molecule has 1 aromatic carbocycles. The van der Waals surface area contributed by atoms with E-state index >= 15 is 0 Å². The second-order valence-corrected chi connectivity index (χ2v) is 6.40. The van der Waals surface area contributed by atoms with Crippen LogP contribution in [0.25, 0.3) is 0 Å². The largest absolute Gasteiger partial charge is 0.377 e. The molecular formula is C13H18FNO3S. The molecule has 1 fully saturated rings. The number of hydrogen-bond acceptors (Lipinski definition) is 3. The monoisotopic (exact) mass is 287 g/mol. The first kappa shape index (κ1) is 14.4. The Morgan fingerprint density at radius 3 is 2.74 bits per heavy atom. The van der Waals surface area contributed by atoms with Crippen LogP contribution in [0.1, 0.15) is 25.7 Å². The third-order valence-electron chi connectivity index (χ3n) is 3.16. The third kappa shape index (κ3) is 4.26. The second-order valence-electron chi connectivity index (χ2n) is 4.63. The molecule has 106 valence electrons. The number of hydrogen-bond donors (Lipinski definition) is 1. The van der Waals surface area contributed by atoms with Crippen molar-refractivity contribution in [3.05, 3.63) is 30.1 Å². The molecule has 0 aromatic heterocycles. The molecule has 19 heavy (non-hydrogen) atoms. The standard InChI is InChI=1S/C13H18FNO3S/c14-11-4-3-7-13(10-11)19(16,17)15-8-9-18-12-5-1-2-6-12/h3-4,7,10,12,15H,1-2,5-6,8-9H2. The molecular weight excluding hydrogens is 269 g/mol.